The lowest BCUT2D eigenvalue weighted by Crippen LogP contribution is -2.40. The molecule has 54 heavy (non-hydrogen) atoms. The number of benzene rings is 4. The van der Waals surface area contributed by atoms with Crippen LogP contribution >= 0.6 is 0 Å². The summed E-state index contributed by atoms with van der Waals surface area (Å²) in [4.78, 5) is 27.1. The first-order chi connectivity index (χ1) is 26.4. The summed E-state index contributed by atoms with van der Waals surface area (Å²) >= 11 is 0. The van der Waals surface area contributed by atoms with E-state index in [1.807, 2.05) is 36.4 Å². The number of rotatable bonds is 21. The van der Waals surface area contributed by atoms with E-state index in [9.17, 15) is 19.8 Å². The van der Waals surface area contributed by atoms with Crippen LogP contribution in [-0.2, 0) is 32.9 Å². The van der Waals surface area contributed by atoms with Crippen molar-refractivity contribution in [3.05, 3.63) is 131 Å². The van der Waals surface area contributed by atoms with E-state index >= 15 is 0 Å². The summed E-state index contributed by atoms with van der Waals surface area (Å²) in [6.45, 7) is 5.29. The molecule has 0 bridgehead atoms. The molecule has 1 fully saturated rings. The quantitative estimate of drug-likeness (QED) is 0.0234. The lowest BCUT2D eigenvalue weighted by Gasteiger charge is -2.33. The minimum Gasteiger partial charge on any atom is -0.506 e. The van der Waals surface area contributed by atoms with Crippen LogP contribution in [0.2, 0.25) is 0 Å². The Balaban J connectivity index is 1.05. The second-order valence-electron chi connectivity index (χ2n) is 13.9. The fraction of sp³-hybridized carbons (Fsp3) is 0.378. The molecule has 5 rings (SSSR count). The number of piperidine rings is 1. The largest absolute Gasteiger partial charge is 0.506 e. The summed E-state index contributed by atoms with van der Waals surface area (Å²) < 4.78 is 12.0. The van der Waals surface area contributed by atoms with Gasteiger partial charge in [-0.1, -0.05) is 91.7 Å². The van der Waals surface area contributed by atoms with E-state index in [-0.39, 0.29) is 18.3 Å². The molecular weight excluding hydrogens is 679 g/mol. The van der Waals surface area contributed by atoms with Crippen LogP contribution in [0.25, 0.3) is 6.08 Å². The molecule has 1 heterocycles. The van der Waals surface area contributed by atoms with Crippen LogP contribution < -0.4 is 15.4 Å². The number of hydrogen-bond acceptors (Lipinski definition) is 9. The van der Waals surface area contributed by atoms with E-state index in [1.54, 1.807) is 49.5 Å². The van der Waals surface area contributed by atoms with Gasteiger partial charge in [0.25, 0.3) is 0 Å². The number of nitrogens with zero attached hydrogens (tertiary/aromatic N) is 1. The highest BCUT2D eigenvalue weighted by molar-refractivity contribution is 5.85. The van der Waals surface area contributed by atoms with Gasteiger partial charge in [-0.3, -0.25) is 9.69 Å². The van der Waals surface area contributed by atoms with Gasteiger partial charge in [0, 0.05) is 24.7 Å². The number of allylic oxidation sites excluding steroid dienone is 1. The second kappa shape index (κ2) is 21.1. The molecule has 1 saturated heterocycles. The van der Waals surface area contributed by atoms with Gasteiger partial charge in [0.15, 0.2) is 0 Å². The Morgan fingerprint density at radius 2 is 1.61 bits per heavy atom. The van der Waals surface area contributed by atoms with Crippen molar-refractivity contribution in [3.63, 3.8) is 0 Å². The van der Waals surface area contributed by atoms with E-state index < -0.39 is 11.6 Å². The van der Waals surface area contributed by atoms with Crippen LogP contribution in [0.5, 0.6) is 11.5 Å². The maximum atomic E-state index is 13.8. The Morgan fingerprint density at radius 3 is 2.35 bits per heavy atom. The Morgan fingerprint density at radius 1 is 0.889 bits per heavy atom. The first kappa shape index (κ1) is 40.2. The molecule has 0 amide bonds. The van der Waals surface area contributed by atoms with E-state index in [4.69, 9.17) is 9.47 Å². The van der Waals surface area contributed by atoms with Crippen molar-refractivity contribution in [3.8, 4) is 11.5 Å². The number of aromatic hydroxyl groups is 1. The number of carbonyl (C=O) groups excluding carboxylic acids is 2. The molecule has 1 unspecified atom stereocenters. The minimum absolute atomic E-state index is 0.155. The van der Waals surface area contributed by atoms with Crippen molar-refractivity contribution in [2.24, 2.45) is 5.92 Å². The Bertz CT molecular complexity index is 1780. The number of anilines is 1. The third-order valence-corrected chi connectivity index (χ3v) is 10.1. The zero-order valence-corrected chi connectivity index (χ0v) is 31.4. The van der Waals surface area contributed by atoms with Gasteiger partial charge < -0.3 is 30.3 Å². The third-order valence-electron chi connectivity index (χ3n) is 10.1. The lowest BCUT2D eigenvalue weighted by atomic mass is 9.86. The summed E-state index contributed by atoms with van der Waals surface area (Å²) in [7, 11) is 1.75. The number of likely N-dealkylation sites (tertiary alicyclic amines) is 1. The van der Waals surface area contributed by atoms with E-state index in [2.05, 4.69) is 39.8 Å². The summed E-state index contributed by atoms with van der Waals surface area (Å²) in [6, 6.07) is 30.2. The van der Waals surface area contributed by atoms with Crippen LogP contribution in [0.3, 0.4) is 0 Å². The molecule has 1 aliphatic heterocycles. The number of aldehydes is 1. The highest BCUT2D eigenvalue weighted by Gasteiger charge is 2.42. The fourth-order valence-corrected chi connectivity index (χ4v) is 7.04. The lowest BCUT2D eigenvalue weighted by molar-refractivity contribution is -0.164. The number of hydrogen-bond donors (Lipinski definition) is 4. The second-order valence-corrected chi connectivity index (χ2v) is 13.9. The molecule has 9 heteroatoms. The van der Waals surface area contributed by atoms with Crippen molar-refractivity contribution in [1.29, 1.82) is 0 Å². The SMILES string of the molecule is CNc1c(O)ccc(CCNCCCCCCOc2cccc(C(O)(C(=O)OCC3CCN(Cc4ccccc4)CC3)c3ccccc3)c2)c1/C=C\C=O. The molecule has 0 aliphatic carbocycles. The van der Waals surface area contributed by atoms with Gasteiger partial charge in [0.05, 0.1) is 18.9 Å². The smallest absolute Gasteiger partial charge is 0.347 e. The van der Waals surface area contributed by atoms with Crippen molar-refractivity contribution >= 4 is 24.0 Å². The van der Waals surface area contributed by atoms with Crippen LogP contribution in [0.1, 0.15) is 66.3 Å². The summed E-state index contributed by atoms with van der Waals surface area (Å²) in [5.74, 6) is 0.323. The standard InChI is InChI=1S/C45H55N3O6/c1-46-43-41(20-13-30-49)37(21-22-42(43)50)23-27-47-26-10-2-3-11-31-53-40-19-12-18-39(32-40)45(52,38-16-8-5-9-17-38)44(51)54-34-36-24-28-48(29-25-36)33-35-14-6-4-7-15-35/h4-9,12-22,30,32,36,46-47,50,52H,2-3,10-11,23-29,31,33-34H2,1H3/b20-13-. The molecule has 0 spiro atoms. The molecule has 9 nitrogen and oxygen atoms in total. The van der Waals surface area contributed by atoms with Gasteiger partial charge in [0.1, 0.15) is 17.8 Å². The van der Waals surface area contributed by atoms with Crippen molar-refractivity contribution in [2.45, 2.75) is 57.1 Å². The van der Waals surface area contributed by atoms with E-state index in [0.29, 0.717) is 29.2 Å². The van der Waals surface area contributed by atoms with Crippen LogP contribution in [0.15, 0.2) is 103 Å². The van der Waals surface area contributed by atoms with Crippen LogP contribution in [-0.4, -0.2) is 73.8 Å². The summed E-state index contributed by atoms with van der Waals surface area (Å²) in [5, 5.41) is 28.8. The molecule has 0 saturated carbocycles. The first-order valence-corrected chi connectivity index (χ1v) is 19.2. The average molecular weight is 734 g/mol. The van der Waals surface area contributed by atoms with Crippen molar-refractivity contribution < 1.29 is 29.3 Å². The number of unbranched alkanes of at least 4 members (excludes halogenated alkanes) is 3. The number of esters is 1. The van der Waals surface area contributed by atoms with E-state index in [0.717, 1.165) is 95.1 Å². The highest BCUT2D eigenvalue weighted by Crippen LogP contribution is 2.34. The van der Waals surface area contributed by atoms with Crippen molar-refractivity contribution in [1.82, 2.24) is 10.2 Å². The average Bonchev–Trinajstić information content (AvgIpc) is 3.21. The zero-order chi connectivity index (χ0) is 38.0. The molecule has 1 aliphatic rings. The zero-order valence-electron chi connectivity index (χ0n) is 31.4. The predicted molar refractivity (Wildman–Crippen MR) is 215 cm³/mol. The van der Waals surface area contributed by atoms with Gasteiger partial charge in [-0.25, -0.2) is 4.79 Å². The number of nitrogens with one attached hydrogen (secondary N) is 2. The van der Waals surface area contributed by atoms with Crippen molar-refractivity contribution in [2.75, 3.05) is 51.8 Å². The number of phenolic OH excluding ortho intramolecular Hbond substituents is 1. The molecule has 0 radical (unpaired) electrons. The molecule has 4 N–H and O–H groups in total. The summed E-state index contributed by atoms with van der Waals surface area (Å²) in [5.41, 5.74) is 2.70. The monoisotopic (exact) mass is 733 g/mol. The van der Waals surface area contributed by atoms with Crippen LogP contribution in [0.4, 0.5) is 5.69 Å². The normalized spacial score (nSPS) is 14.8. The fourth-order valence-electron chi connectivity index (χ4n) is 7.04. The van der Waals surface area contributed by atoms with Gasteiger partial charge >= 0.3 is 5.97 Å². The maximum Gasteiger partial charge on any atom is 0.347 e. The van der Waals surface area contributed by atoms with Gasteiger partial charge in [-0.15, -0.1) is 0 Å². The summed E-state index contributed by atoms with van der Waals surface area (Å²) in [6.07, 6.45) is 10.5. The maximum absolute atomic E-state index is 13.8. The Labute approximate surface area is 320 Å². The Kier molecular flexibility index (Phi) is 15.7. The van der Waals surface area contributed by atoms with Gasteiger partial charge in [-0.2, -0.15) is 0 Å². The molecule has 4 aromatic rings. The molecular formula is C45H55N3O6. The van der Waals surface area contributed by atoms with Crippen LogP contribution in [0, 0.1) is 5.92 Å². The Hall–Kier alpha value is -4.96. The topological polar surface area (TPSA) is 120 Å². The molecule has 1 atom stereocenters. The van der Waals surface area contributed by atoms with Gasteiger partial charge in [-0.05, 0) is 111 Å². The predicted octanol–water partition coefficient (Wildman–Crippen LogP) is 7.11. The number of carbonyl (C=O) groups is 2. The number of phenols is 1. The number of ether oxygens (including phenoxy) is 2. The van der Waals surface area contributed by atoms with Gasteiger partial charge in [0.2, 0.25) is 5.60 Å². The molecule has 0 aromatic heterocycles. The first-order valence-electron chi connectivity index (χ1n) is 19.2. The van der Waals surface area contributed by atoms with E-state index in [1.165, 1.54) is 11.6 Å². The molecule has 4 aromatic carbocycles. The minimum atomic E-state index is -1.97. The molecule has 286 valence electrons. The highest BCUT2D eigenvalue weighted by atomic mass is 16.5. The number of aliphatic hydroxyl groups is 1. The third kappa shape index (κ3) is 11.3.